The third-order valence-corrected chi connectivity index (χ3v) is 3.94. The van der Waals surface area contributed by atoms with Crippen LogP contribution in [0.15, 0.2) is 42.5 Å². The van der Waals surface area contributed by atoms with Gasteiger partial charge in [0.15, 0.2) is 11.6 Å². The zero-order valence-corrected chi connectivity index (χ0v) is 13.0. The Labute approximate surface area is 126 Å². The summed E-state index contributed by atoms with van der Waals surface area (Å²) in [6.07, 6.45) is 0.753. The molecule has 0 bridgehead atoms. The lowest BCUT2D eigenvalue weighted by Gasteiger charge is -2.12. The molecule has 0 amide bonds. The average Bonchev–Trinajstić information content (AvgIpc) is 2.47. The van der Waals surface area contributed by atoms with Gasteiger partial charge in [0.25, 0.3) is 0 Å². The maximum atomic E-state index is 13.7. The number of alkyl halides is 1. The molecule has 0 N–H and O–H groups in total. The maximum absolute atomic E-state index is 13.7. The normalized spacial score (nSPS) is 12.0. The Morgan fingerprint density at radius 1 is 1.10 bits per heavy atom. The number of halogens is 2. The lowest BCUT2D eigenvalue weighted by molar-refractivity contribution is 0.386. The van der Waals surface area contributed by atoms with Gasteiger partial charge in [-0.1, -0.05) is 34.1 Å². The molecule has 0 fully saturated rings. The molecule has 0 aliphatic rings. The van der Waals surface area contributed by atoms with Crippen molar-refractivity contribution in [2.75, 3.05) is 14.2 Å². The summed E-state index contributed by atoms with van der Waals surface area (Å²) in [7, 11) is 3.10. The standard InChI is InChI=1S/C16H16BrFO2/c1-19-13-5-3-4-11(8-13)9-14(17)12-6-7-16(20-2)15(18)10-12/h3-8,10,14H,9H2,1-2H3. The Kier molecular flexibility index (Phi) is 5.01. The number of rotatable bonds is 5. The van der Waals surface area contributed by atoms with Crippen LogP contribution in [-0.4, -0.2) is 14.2 Å². The van der Waals surface area contributed by atoms with Crippen molar-refractivity contribution in [2.45, 2.75) is 11.2 Å². The van der Waals surface area contributed by atoms with E-state index in [1.807, 2.05) is 30.3 Å². The summed E-state index contributed by atoms with van der Waals surface area (Å²) in [5.74, 6) is 0.734. The summed E-state index contributed by atoms with van der Waals surface area (Å²) in [6.45, 7) is 0. The smallest absolute Gasteiger partial charge is 0.165 e. The van der Waals surface area contributed by atoms with Gasteiger partial charge in [-0.25, -0.2) is 4.39 Å². The van der Waals surface area contributed by atoms with Crippen LogP contribution in [0.1, 0.15) is 16.0 Å². The first-order valence-electron chi connectivity index (χ1n) is 6.24. The molecule has 2 nitrogen and oxygen atoms in total. The van der Waals surface area contributed by atoms with E-state index in [2.05, 4.69) is 15.9 Å². The Hall–Kier alpha value is -1.55. The summed E-state index contributed by atoms with van der Waals surface area (Å²) >= 11 is 3.60. The van der Waals surface area contributed by atoms with E-state index < -0.39 is 0 Å². The van der Waals surface area contributed by atoms with Gasteiger partial charge in [0, 0.05) is 4.83 Å². The molecule has 2 aromatic carbocycles. The van der Waals surface area contributed by atoms with E-state index in [0.29, 0.717) is 0 Å². The fraction of sp³-hybridized carbons (Fsp3) is 0.250. The molecule has 0 aromatic heterocycles. The largest absolute Gasteiger partial charge is 0.497 e. The van der Waals surface area contributed by atoms with Gasteiger partial charge < -0.3 is 9.47 Å². The average molecular weight is 339 g/mol. The van der Waals surface area contributed by atoms with E-state index in [1.54, 1.807) is 13.2 Å². The van der Waals surface area contributed by atoms with Crippen LogP contribution in [0.2, 0.25) is 0 Å². The van der Waals surface area contributed by atoms with Gasteiger partial charge in [-0.3, -0.25) is 0 Å². The van der Waals surface area contributed by atoms with Crippen molar-refractivity contribution in [3.8, 4) is 11.5 Å². The second kappa shape index (κ2) is 6.75. The minimum absolute atomic E-state index is 0.0370. The van der Waals surface area contributed by atoms with Crippen molar-refractivity contribution in [1.82, 2.24) is 0 Å². The highest BCUT2D eigenvalue weighted by Crippen LogP contribution is 2.30. The zero-order chi connectivity index (χ0) is 14.5. The van der Waals surface area contributed by atoms with Gasteiger partial charge in [0.05, 0.1) is 14.2 Å². The molecule has 2 rings (SSSR count). The molecule has 0 saturated carbocycles. The highest BCUT2D eigenvalue weighted by molar-refractivity contribution is 9.09. The van der Waals surface area contributed by atoms with Crippen LogP contribution >= 0.6 is 15.9 Å². The molecule has 0 aliphatic heterocycles. The second-order valence-electron chi connectivity index (χ2n) is 4.42. The predicted molar refractivity (Wildman–Crippen MR) is 81.3 cm³/mol. The predicted octanol–water partition coefficient (Wildman–Crippen LogP) is 4.52. The van der Waals surface area contributed by atoms with Crippen molar-refractivity contribution in [1.29, 1.82) is 0 Å². The zero-order valence-electron chi connectivity index (χ0n) is 11.4. The van der Waals surface area contributed by atoms with Gasteiger partial charge in [0.1, 0.15) is 5.75 Å². The van der Waals surface area contributed by atoms with Gasteiger partial charge in [-0.15, -0.1) is 0 Å². The summed E-state index contributed by atoms with van der Waals surface area (Å²) in [4.78, 5) is 0.0370. The quantitative estimate of drug-likeness (QED) is 0.746. The Bertz CT molecular complexity index is 586. The summed E-state index contributed by atoms with van der Waals surface area (Å²) in [6, 6.07) is 12.9. The summed E-state index contributed by atoms with van der Waals surface area (Å²) in [5.41, 5.74) is 2.01. The molecule has 20 heavy (non-hydrogen) atoms. The minimum Gasteiger partial charge on any atom is -0.497 e. The van der Waals surface area contributed by atoms with Crippen molar-refractivity contribution in [3.63, 3.8) is 0 Å². The van der Waals surface area contributed by atoms with Crippen LogP contribution in [0.3, 0.4) is 0 Å². The van der Waals surface area contributed by atoms with Crippen LogP contribution < -0.4 is 9.47 Å². The minimum atomic E-state index is -0.347. The third kappa shape index (κ3) is 3.51. The highest BCUT2D eigenvalue weighted by atomic mass is 79.9. The fourth-order valence-electron chi connectivity index (χ4n) is 2.00. The first-order valence-corrected chi connectivity index (χ1v) is 7.16. The van der Waals surface area contributed by atoms with E-state index in [1.165, 1.54) is 13.2 Å². The lowest BCUT2D eigenvalue weighted by atomic mass is 10.0. The van der Waals surface area contributed by atoms with E-state index in [0.717, 1.165) is 23.3 Å². The molecule has 2 aromatic rings. The third-order valence-electron chi connectivity index (χ3n) is 3.09. The molecule has 1 atom stereocenters. The van der Waals surface area contributed by atoms with Gasteiger partial charge >= 0.3 is 0 Å². The second-order valence-corrected chi connectivity index (χ2v) is 5.52. The number of ether oxygens (including phenoxy) is 2. The molecular formula is C16H16BrFO2. The van der Waals surface area contributed by atoms with Crippen molar-refractivity contribution in [3.05, 3.63) is 59.4 Å². The molecule has 0 saturated heterocycles. The number of hydrogen-bond donors (Lipinski definition) is 0. The molecule has 106 valence electrons. The van der Waals surface area contributed by atoms with Crippen molar-refractivity contribution in [2.24, 2.45) is 0 Å². The molecule has 0 spiro atoms. The number of methoxy groups -OCH3 is 2. The van der Waals surface area contributed by atoms with E-state index in [-0.39, 0.29) is 16.4 Å². The molecule has 0 aliphatic carbocycles. The molecule has 1 unspecified atom stereocenters. The van der Waals surface area contributed by atoms with E-state index in [4.69, 9.17) is 9.47 Å². The molecule has 0 radical (unpaired) electrons. The highest BCUT2D eigenvalue weighted by Gasteiger charge is 2.12. The van der Waals surface area contributed by atoms with Crippen molar-refractivity contribution >= 4 is 15.9 Å². The van der Waals surface area contributed by atoms with Crippen LogP contribution in [0.25, 0.3) is 0 Å². The molecular weight excluding hydrogens is 323 g/mol. The summed E-state index contributed by atoms with van der Waals surface area (Å²) in [5, 5.41) is 0. The maximum Gasteiger partial charge on any atom is 0.165 e. The SMILES string of the molecule is COc1cccc(CC(Br)c2ccc(OC)c(F)c2)c1. The van der Waals surface area contributed by atoms with Crippen LogP contribution in [0, 0.1) is 5.82 Å². The number of benzene rings is 2. The molecule has 4 heteroatoms. The Balaban J connectivity index is 2.14. The van der Waals surface area contributed by atoms with Gasteiger partial charge in [0.2, 0.25) is 0 Å². The van der Waals surface area contributed by atoms with E-state index >= 15 is 0 Å². The van der Waals surface area contributed by atoms with Crippen LogP contribution in [-0.2, 0) is 6.42 Å². The first kappa shape index (κ1) is 14.9. The fourth-order valence-corrected chi connectivity index (χ4v) is 2.66. The van der Waals surface area contributed by atoms with Crippen LogP contribution in [0.4, 0.5) is 4.39 Å². The molecule has 0 heterocycles. The van der Waals surface area contributed by atoms with E-state index in [9.17, 15) is 4.39 Å². The topological polar surface area (TPSA) is 18.5 Å². The summed E-state index contributed by atoms with van der Waals surface area (Å²) < 4.78 is 23.8. The first-order chi connectivity index (χ1) is 9.63. The Morgan fingerprint density at radius 2 is 1.90 bits per heavy atom. The number of hydrogen-bond acceptors (Lipinski definition) is 2. The van der Waals surface area contributed by atoms with Crippen molar-refractivity contribution < 1.29 is 13.9 Å². The van der Waals surface area contributed by atoms with Gasteiger partial charge in [-0.2, -0.15) is 0 Å². The van der Waals surface area contributed by atoms with Crippen LogP contribution in [0.5, 0.6) is 11.5 Å². The monoisotopic (exact) mass is 338 g/mol. The lowest BCUT2D eigenvalue weighted by Crippen LogP contribution is -1.98. The Morgan fingerprint density at radius 3 is 2.55 bits per heavy atom. The van der Waals surface area contributed by atoms with Gasteiger partial charge in [-0.05, 0) is 41.8 Å².